The van der Waals surface area contributed by atoms with Crippen molar-refractivity contribution in [2.24, 2.45) is 17.8 Å². The maximum Gasteiger partial charge on any atom is 0.389 e. The molecule has 2 fully saturated rings. The number of aliphatic hydroxyl groups excluding tert-OH is 3. The van der Waals surface area contributed by atoms with Crippen LogP contribution < -0.4 is 0 Å². The van der Waals surface area contributed by atoms with E-state index >= 15 is 0 Å². The van der Waals surface area contributed by atoms with Crippen LogP contribution in [0.25, 0.3) is 11.1 Å². The molecule has 0 aliphatic heterocycles. The van der Waals surface area contributed by atoms with E-state index in [1.54, 1.807) is 0 Å². The quantitative estimate of drug-likeness (QED) is 0.0711. The van der Waals surface area contributed by atoms with Gasteiger partial charge in [0.2, 0.25) is 0 Å². The Hall–Kier alpha value is -2.98. The zero-order valence-corrected chi connectivity index (χ0v) is 28.7. The highest BCUT2D eigenvalue weighted by molar-refractivity contribution is 5.87. The van der Waals surface area contributed by atoms with Crippen molar-refractivity contribution in [3.8, 4) is 11.1 Å². The molecule has 0 saturated heterocycles. The van der Waals surface area contributed by atoms with Crippen molar-refractivity contribution < 1.29 is 42.8 Å². The van der Waals surface area contributed by atoms with E-state index in [1.807, 2.05) is 24.3 Å². The van der Waals surface area contributed by atoms with Gasteiger partial charge in [-0.3, -0.25) is 0 Å². The van der Waals surface area contributed by atoms with Crippen LogP contribution in [0, 0.1) is 17.8 Å². The summed E-state index contributed by atoms with van der Waals surface area (Å²) in [7, 11) is 0. The van der Waals surface area contributed by atoms with Crippen LogP contribution in [0.4, 0.5) is 13.2 Å². The summed E-state index contributed by atoms with van der Waals surface area (Å²) in [6.07, 6.45) is 3.86. The topological polar surface area (TPSA) is 96.2 Å². The van der Waals surface area contributed by atoms with Crippen molar-refractivity contribution in [2.45, 2.75) is 102 Å². The lowest BCUT2D eigenvalue weighted by atomic mass is 9.67. The number of aliphatic hydroxyl groups is 3. The van der Waals surface area contributed by atoms with Gasteiger partial charge in [-0.1, -0.05) is 75.4 Å². The molecule has 9 heteroatoms. The number of halogens is 3. The maximum atomic E-state index is 12.7. The molecule has 0 heterocycles. The summed E-state index contributed by atoms with van der Waals surface area (Å²) in [4.78, 5) is 12.1. The molecule has 0 spiro atoms. The molecule has 4 rings (SSSR count). The van der Waals surface area contributed by atoms with Gasteiger partial charge in [-0.15, -0.1) is 0 Å². The second-order valence-corrected chi connectivity index (χ2v) is 14.0. The van der Waals surface area contributed by atoms with Crippen molar-refractivity contribution >= 4 is 5.97 Å². The summed E-state index contributed by atoms with van der Waals surface area (Å²) in [6, 6.07) is 14.6. The van der Waals surface area contributed by atoms with Crippen molar-refractivity contribution in [3.05, 3.63) is 83.5 Å². The van der Waals surface area contributed by atoms with E-state index in [9.17, 15) is 33.3 Å². The summed E-state index contributed by atoms with van der Waals surface area (Å²) in [6.45, 7) is 8.28. The lowest BCUT2D eigenvalue weighted by molar-refractivity contribution is -0.141. The van der Waals surface area contributed by atoms with Gasteiger partial charge in [0.1, 0.15) is 6.61 Å². The first-order valence-corrected chi connectivity index (χ1v) is 17.8. The van der Waals surface area contributed by atoms with Gasteiger partial charge in [-0.2, -0.15) is 13.2 Å². The summed E-state index contributed by atoms with van der Waals surface area (Å²) in [5.74, 6) is 0.947. The molecule has 2 aromatic rings. The number of ether oxygens (including phenoxy) is 2. The Labute approximate surface area is 289 Å². The number of benzene rings is 2. The zero-order chi connectivity index (χ0) is 35.6. The van der Waals surface area contributed by atoms with E-state index in [0.717, 1.165) is 61.6 Å². The molecular weight excluding hydrogens is 633 g/mol. The highest BCUT2D eigenvalue weighted by Crippen LogP contribution is 2.46. The third kappa shape index (κ3) is 11.3. The molecule has 3 N–H and O–H groups in total. The second-order valence-electron chi connectivity index (χ2n) is 14.0. The summed E-state index contributed by atoms with van der Waals surface area (Å²) in [5, 5.41) is 28.6. The first-order chi connectivity index (χ1) is 23.4. The van der Waals surface area contributed by atoms with E-state index in [2.05, 4.69) is 38.3 Å². The Morgan fingerprint density at radius 1 is 0.878 bits per heavy atom. The van der Waals surface area contributed by atoms with Crippen LogP contribution in [-0.4, -0.2) is 60.2 Å². The lowest BCUT2D eigenvalue weighted by Gasteiger charge is -2.38. The lowest BCUT2D eigenvalue weighted by Crippen LogP contribution is -2.26. The molecule has 2 unspecified atom stereocenters. The fraction of sp³-hybridized carbons (Fsp3) is 0.575. The number of alkyl halides is 3. The SMILES string of the molecule is C=C(CO)C(=O)OCC(COC(O)C(=C)CO)c1ccc(-c2ccc(C3CCC(C4CCC(CCC(F)(F)F)CC4)CC3)c(CC)c2)cc1. The molecular formula is C40H53F3O6. The standard InChI is InChI=1S/C40H53F3O6/c1-4-29-21-35(17-18-37(29)34-15-13-31(14-16-34)30-7-5-28(6-8-30)19-20-40(41,42)43)32-9-11-33(12-10-32)36(24-48-38(46)26(2)22-44)25-49-39(47)27(3)23-45/h9-12,17-18,21,28,30-31,34,36,38,44-46H,2-8,13-16,19-20,22-25H2,1H3. The number of hydrogen-bond donors (Lipinski definition) is 3. The van der Waals surface area contributed by atoms with Gasteiger partial charge >= 0.3 is 12.1 Å². The second kappa shape index (κ2) is 18.3. The largest absolute Gasteiger partial charge is 0.462 e. The Kier molecular flexibility index (Phi) is 14.5. The molecule has 49 heavy (non-hydrogen) atoms. The van der Waals surface area contributed by atoms with Gasteiger partial charge in [0, 0.05) is 17.9 Å². The van der Waals surface area contributed by atoms with E-state index in [0.29, 0.717) is 17.8 Å². The fourth-order valence-electron chi connectivity index (χ4n) is 7.64. The Morgan fingerprint density at radius 2 is 1.49 bits per heavy atom. The zero-order valence-electron chi connectivity index (χ0n) is 28.7. The van der Waals surface area contributed by atoms with E-state index < -0.39 is 44.0 Å². The molecule has 0 radical (unpaired) electrons. The van der Waals surface area contributed by atoms with Crippen molar-refractivity contribution in [3.63, 3.8) is 0 Å². The minimum Gasteiger partial charge on any atom is -0.462 e. The molecule has 0 amide bonds. The van der Waals surface area contributed by atoms with Crippen LogP contribution in [0.5, 0.6) is 0 Å². The normalized spacial score (nSPS) is 22.7. The number of aryl methyl sites for hydroxylation is 1. The van der Waals surface area contributed by atoms with E-state index in [1.165, 1.54) is 24.0 Å². The van der Waals surface area contributed by atoms with Gasteiger partial charge in [-0.25, -0.2) is 4.79 Å². The van der Waals surface area contributed by atoms with Crippen LogP contribution in [0.15, 0.2) is 66.8 Å². The molecule has 270 valence electrons. The average Bonchev–Trinajstić information content (AvgIpc) is 3.12. The molecule has 2 aliphatic carbocycles. The van der Waals surface area contributed by atoms with E-state index in [4.69, 9.17) is 9.47 Å². The third-order valence-electron chi connectivity index (χ3n) is 10.7. The number of esters is 1. The van der Waals surface area contributed by atoms with Crippen molar-refractivity contribution in [1.29, 1.82) is 0 Å². The molecule has 2 saturated carbocycles. The highest BCUT2D eigenvalue weighted by Gasteiger charge is 2.34. The van der Waals surface area contributed by atoms with Crippen molar-refractivity contribution in [2.75, 3.05) is 26.4 Å². The number of carbonyl (C=O) groups excluding carboxylic acids is 1. The number of hydrogen-bond acceptors (Lipinski definition) is 6. The van der Waals surface area contributed by atoms with Gasteiger partial charge in [0.25, 0.3) is 0 Å². The highest BCUT2D eigenvalue weighted by atomic mass is 19.4. The first-order valence-electron chi connectivity index (χ1n) is 17.8. The summed E-state index contributed by atoms with van der Waals surface area (Å²) < 4.78 is 48.8. The molecule has 2 aromatic carbocycles. The fourth-order valence-corrected chi connectivity index (χ4v) is 7.64. The molecule has 2 aliphatic rings. The molecule has 0 aromatic heterocycles. The smallest absolute Gasteiger partial charge is 0.389 e. The van der Waals surface area contributed by atoms with Crippen LogP contribution in [0.2, 0.25) is 0 Å². The summed E-state index contributed by atoms with van der Waals surface area (Å²) in [5.41, 5.74) is 5.79. The Bertz CT molecular complexity index is 1370. The third-order valence-corrected chi connectivity index (χ3v) is 10.7. The Balaban J connectivity index is 1.37. The van der Waals surface area contributed by atoms with Gasteiger partial charge in [0.15, 0.2) is 6.29 Å². The maximum absolute atomic E-state index is 12.7. The molecule has 6 nitrogen and oxygen atoms in total. The van der Waals surface area contributed by atoms with Gasteiger partial charge < -0.3 is 24.8 Å². The first kappa shape index (κ1) is 38.8. The predicted molar refractivity (Wildman–Crippen MR) is 185 cm³/mol. The van der Waals surface area contributed by atoms with Gasteiger partial charge in [-0.05, 0) is 103 Å². The monoisotopic (exact) mass is 686 g/mol. The van der Waals surface area contributed by atoms with Crippen LogP contribution in [-0.2, 0) is 20.7 Å². The van der Waals surface area contributed by atoms with Gasteiger partial charge in [0.05, 0.1) is 25.4 Å². The number of carbonyl (C=O) groups is 1. The minimum atomic E-state index is -4.04. The van der Waals surface area contributed by atoms with E-state index in [-0.39, 0.29) is 36.7 Å². The molecule has 0 bridgehead atoms. The van der Waals surface area contributed by atoms with Crippen molar-refractivity contribution in [1.82, 2.24) is 0 Å². The van der Waals surface area contributed by atoms with Crippen LogP contribution >= 0.6 is 0 Å². The molecule has 2 atom stereocenters. The average molecular weight is 687 g/mol. The minimum absolute atomic E-state index is 0.00142. The Morgan fingerprint density at radius 3 is 2.06 bits per heavy atom. The van der Waals surface area contributed by atoms with Crippen LogP contribution in [0.3, 0.4) is 0 Å². The predicted octanol–water partition coefficient (Wildman–Crippen LogP) is 8.40. The summed E-state index contributed by atoms with van der Waals surface area (Å²) >= 11 is 0. The number of rotatable bonds is 16. The van der Waals surface area contributed by atoms with Crippen LogP contribution in [0.1, 0.15) is 99.7 Å².